The minimum atomic E-state index is -1.09. The van der Waals surface area contributed by atoms with Crippen molar-refractivity contribution in [3.63, 3.8) is 0 Å². The van der Waals surface area contributed by atoms with E-state index in [1.807, 2.05) is 6.92 Å². The maximum absolute atomic E-state index is 13.0. The lowest BCUT2D eigenvalue weighted by molar-refractivity contribution is -0.139. The molecule has 19 heavy (non-hydrogen) atoms. The molecule has 1 rings (SSSR count). The zero-order valence-corrected chi connectivity index (χ0v) is 11.8. The molecule has 0 bridgehead atoms. The van der Waals surface area contributed by atoms with Crippen LogP contribution in [-0.2, 0) is 4.79 Å². The van der Waals surface area contributed by atoms with Crippen LogP contribution in [0.1, 0.15) is 19.8 Å². The Hall–Kier alpha value is -1.63. The van der Waals surface area contributed by atoms with Gasteiger partial charge in [0.15, 0.2) is 0 Å². The number of carboxylic acids is 1. The van der Waals surface area contributed by atoms with Crippen LogP contribution in [0.15, 0.2) is 22.7 Å². The van der Waals surface area contributed by atoms with Crippen LogP contribution in [0.25, 0.3) is 0 Å². The Kier molecular flexibility index (Phi) is 5.75. The molecule has 7 heteroatoms. The number of amides is 2. The maximum atomic E-state index is 13.0. The fourth-order valence-electron chi connectivity index (χ4n) is 1.45. The molecule has 3 N–H and O–H groups in total. The zero-order valence-electron chi connectivity index (χ0n) is 10.2. The molecule has 5 nitrogen and oxygen atoms in total. The number of carbonyl (C=O) groups excluding carboxylic acids is 1. The van der Waals surface area contributed by atoms with E-state index in [-0.39, 0.29) is 4.47 Å². The summed E-state index contributed by atoms with van der Waals surface area (Å²) in [6.45, 7) is 1.83. The van der Waals surface area contributed by atoms with E-state index in [1.54, 1.807) is 0 Å². The lowest BCUT2D eigenvalue weighted by atomic mass is 10.2. The predicted octanol–water partition coefficient (Wildman–Crippen LogP) is 2.96. The first-order valence-electron chi connectivity index (χ1n) is 5.69. The third-order valence-electron chi connectivity index (χ3n) is 2.36. The Bertz CT molecular complexity index is 482. The average molecular weight is 333 g/mol. The van der Waals surface area contributed by atoms with E-state index in [9.17, 15) is 14.0 Å². The normalized spacial score (nSPS) is 11.7. The third-order valence-corrected chi connectivity index (χ3v) is 2.97. The molecular weight excluding hydrogens is 319 g/mol. The molecule has 0 aliphatic carbocycles. The second-order valence-electron chi connectivity index (χ2n) is 3.91. The molecule has 0 heterocycles. The van der Waals surface area contributed by atoms with E-state index in [4.69, 9.17) is 5.11 Å². The summed E-state index contributed by atoms with van der Waals surface area (Å²) in [5.74, 6) is -1.53. The minimum Gasteiger partial charge on any atom is -0.480 e. The molecule has 0 aliphatic heterocycles. The van der Waals surface area contributed by atoms with Gasteiger partial charge in [0.05, 0.1) is 4.47 Å². The van der Waals surface area contributed by atoms with Gasteiger partial charge < -0.3 is 15.7 Å². The average Bonchev–Trinajstić information content (AvgIpc) is 2.33. The topological polar surface area (TPSA) is 78.4 Å². The van der Waals surface area contributed by atoms with Gasteiger partial charge in [-0.3, -0.25) is 0 Å². The number of halogens is 2. The molecule has 1 atom stereocenters. The highest BCUT2D eigenvalue weighted by Gasteiger charge is 2.18. The van der Waals surface area contributed by atoms with Gasteiger partial charge in [-0.25, -0.2) is 14.0 Å². The number of nitrogens with one attached hydrogen (secondary N) is 2. The molecule has 1 aromatic carbocycles. The lowest BCUT2D eigenvalue weighted by Crippen LogP contribution is -2.42. The monoisotopic (exact) mass is 332 g/mol. The van der Waals surface area contributed by atoms with Crippen molar-refractivity contribution in [2.45, 2.75) is 25.8 Å². The molecule has 1 aromatic rings. The maximum Gasteiger partial charge on any atom is 0.326 e. The van der Waals surface area contributed by atoms with Gasteiger partial charge in [-0.05, 0) is 40.5 Å². The smallest absolute Gasteiger partial charge is 0.326 e. The molecule has 2 amide bonds. The quantitative estimate of drug-likeness (QED) is 0.775. The van der Waals surface area contributed by atoms with Crippen LogP contribution in [0.4, 0.5) is 14.9 Å². The van der Waals surface area contributed by atoms with Gasteiger partial charge in [0, 0.05) is 5.69 Å². The zero-order chi connectivity index (χ0) is 14.4. The van der Waals surface area contributed by atoms with Gasteiger partial charge in [0.2, 0.25) is 0 Å². The summed E-state index contributed by atoms with van der Waals surface area (Å²) in [5, 5.41) is 13.7. The molecule has 0 aliphatic rings. The Labute approximate surface area is 118 Å². The van der Waals surface area contributed by atoms with E-state index < -0.39 is 23.9 Å². The summed E-state index contributed by atoms with van der Waals surface area (Å²) in [6, 6.07) is 2.40. The molecule has 0 aromatic heterocycles. The highest BCUT2D eigenvalue weighted by Crippen LogP contribution is 2.19. The Morgan fingerprint density at radius 3 is 2.68 bits per heavy atom. The minimum absolute atomic E-state index is 0.216. The SMILES string of the molecule is CCC[C@H](NC(=O)Nc1ccc(F)c(Br)c1)C(=O)O. The van der Waals surface area contributed by atoms with Crippen molar-refractivity contribution in [3.05, 3.63) is 28.5 Å². The largest absolute Gasteiger partial charge is 0.480 e. The van der Waals surface area contributed by atoms with E-state index in [1.165, 1.54) is 18.2 Å². The molecule has 0 saturated heterocycles. The molecule has 0 saturated carbocycles. The van der Waals surface area contributed by atoms with Gasteiger partial charge in [0.25, 0.3) is 0 Å². The summed E-state index contributed by atoms with van der Waals surface area (Å²) in [6.07, 6.45) is 0.981. The lowest BCUT2D eigenvalue weighted by Gasteiger charge is -2.14. The number of benzene rings is 1. The second-order valence-corrected chi connectivity index (χ2v) is 4.76. The van der Waals surface area contributed by atoms with Crippen molar-refractivity contribution in [1.82, 2.24) is 5.32 Å². The van der Waals surface area contributed by atoms with E-state index in [0.29, 0.717) is 18.5 Å². The standard InChI is InChI=1S/C12H14BrFN2O3/c1-2-3-10(11(17)18)16-12(19)15-7-4-5-9(14)8(13)6-7/h4-6,10H,2-3H2,1H3,(H,17,18)(H2,15,16,19)/t10-/m0/s1. The summed E-state index contributed by atoms with van der Waals surface area (Å²) >= 11 is 2.99. The summed E-state index contributed by atoms with van der Waals surface area (Å²) in [4.78, 5) is 22.5. The molecule has 0 unspecified atom stereocenters. The van der Waals surface area contributed by atoms with E-state index >= 15 is 0 Å². The van der Waals surface area contributed by atoms with Crippen molar-refractivity contribution in [2.24, 2.45) is 0 Å². The first kappa shape index (κ1) is 15.4. The number of carboxylic acid groups (broad SMARTS) is 1. The molecule has 0 fully saturated rings. The van der Waals surface area contributed by atoms with Crippen LogP contribution >= 0.6 is 15.9 Å². The first-order valence-corrected chi connectivity index (χ1v) is 6.48. The Morgan fingerprint density at radius 1 is 1.47 bits per heavy atom. The van der Waals surface area contributed by atoms with Crippen LogP contribution in [0, 0.1) is 5.82 Å². The molecule has 0 spiro atoms. The van der Waals surface area contributed by atoms with Crippen LogP contribution in [0.5, 0.6) is 0 Å². The molecular formula is C12H14BrFN2O3. The number of anilines is 1. The fraction of sp³-hybridized carbons (Fsp3) is 0.333. The summed E-state index contributed by atoms with van der Waals surface area (Å²) < 4.78 is 13.2. The second kappa shape index (κ2) is 7.08. The summed E-state index contributed by atoms with van der Waals surface area (Å²) in [7, 11) is 0. The van der Waals surface area contributed by atoms with Crippen molar-refractivity contribution in [2.75, 3.05) is 5.32 Å². The predicted molar refractivity (Wildman–Crippen MR) is 72.6 cm³/mol. The third kappa shape index (κ3) is 4.86. The first-order chi connectivity index (χ1) is 8.93. The van der Waals surface area contributed by atoms with Crippen molar-refractivity contribution < 1.29 is 19.1 Å². The number of carbonyl (C=O) groups is 2. The number of rotatable bonds is 5. The number of aliphatic carboxylic acids is 1. The van der Waals surface area contributed by atoms with Crippen LogP contribution < -0.4 is 10.6 Å². The fourth-order valence-corrected chi connectivity index (χ4v) is 1.82. The van der Waals surface area contributed by atoms with Crippen LogP contribution in [-0.4, -0.2) is 23.1 Å². The summed E-state index contributed by atoms with van der Waals surface area (Å²) in [5.41, 5.74) is 0.367. The molecule has 104 valence electrons. The van der Waals surface area contributed by atoms with Crippen LogP contribution in [0.2, 0.25) is 0 Å². The Morgan fingerprint density at radius 2 is 2.16 bits per heavy atom. The highest BCUT2D eigenvalue weighted by molar-refractivity contribution is 9.10. The van der Waals surface area contributed by atoms with Gasteiger partial charge in [-0.2, -0.15) is 0 Å². The number of hydrogen-bond acceptors (Lipinski definition) is 2. The van der Waals surface area contributed by atoms with Crippen LogP contribution in [0.3, 0.4) is 0 Å². The van der Waals surface area contributed by atoms with Gasteiger partial charge in [0.1, 0.15) is 11.9 Å². The van der Waals surface area contributed by atoms with E-state index in [0.717, 1.165) is 0 Å². The van der Waals surface area contributed by atoms with E-state index in [2.05, 4.69) is 26.6 Å². The van der Waals surface area contributed by atoms with Crippen molar-refractivity contribution >= 4 is 33.6 Å². The van der Waals surface area contributed by atoms with Gasteiger partial charge in [-0.1, -0.05) is 13.3 Å². The van der Waals surface area contributed by atoms with Gasteiger partial charge >= 0.3 is 12.0 Å². The van der Waals surface area contributed by atoms with Gasteiger partial charge in [-0.15, -0.1) is 0 Å². The van der Waals surface area contributed by atoms with Crippen molar-refractivity contribution in [3.8, 4) is 0 Å². The highest BCUT2D eigenvalue weighted by atomic mass is 79.9. The number of urea groups is 1. The van der Waals surface area contributed by atoms with Crippen molar-refractivity contribution in [1.29, 1.82) is 0 Å². The number of hydrogen-bond donors (Lipinski definition) is 3. The molecule has 0 radical (unpaired) electrons. The Balaban J connectivity index is 2.63.